The fourth-order valence-electron chi connectivity index (χ4n) is 2.13. The summed E-state index contributed by atoms with van der Waals surface area (Å²) in [5, 5.41) is 10.3. The summed E-state index contributed by atoms with van der Waals surface area (Å²) in [6, 6.07) is 3.81. The second-order valence-electron chi connectivity index (χ2n) is 4.66. The number of nitriles is 1. The zero-order valence-corrected chi connectivity index (χ0v) is 12.0. The van der Waals surface area contributed by atoms with E-state index in [4.69, 9.17) is 0 Å². The molecule has 0 amide bonds. The van der Waals surface area contributed by atoms with E-state index in [-0.39, 0.29) is 5.78 Å². The molecule has 0 saturated carbocycles. The van der Waals surface area contributed by atoms with Gasteiger partial charge in [-0.25, -0.2) is 4.98 Å². The van der Waals surface area contributed by atoms with Crippen molar-refractivity contribution in [2.24, 2.45) is 0 Å². The van der Waals surface area contributed by atoms with Crippen LogP contribution in [0, 0.1) is 18.3 Å². The van der Waals surface area contributed by atoms with Gasteiger partial charge < -0.3 is 0 Å². The summed E-state index contributed by atoms with van der Waals surface area (Å²) < 4.78 is 0. The van der Waals surface area contributed by atoms with Gasteiger partial charge in [0.1, 0.15) is 11.1 Å². The number of ketones is 1. The molecule has 98 valence electrons. The number of Topliss-reactive ketones (excluding diaryl/α,β-unsaturated/α-hetero) is 1. The van der Waals surface area contributed by atoms with E-state index in [0.717, 1.165) is 17.9 Å². The van der Waals surface area contributed by atoms with Crippen molar-refractivity contribution in [2.75, 3.05) is 0 Å². The molecule has 0 radical (unpaired) electrons. The Hall–Kier alpha value is -1.60. The number of carbonyl (C=O) groups is 1. The maximum atomic E-state index is 11.5. The van der Waals surface area contributed by atoms with E-state index < -0.39 is 0 Å². The number of aryl methyl sites for hydroxylation is 1. The number of carbonyl (C=O) groups excluding carboxylic acids is 1. The maximum absolute atomic E-state index is 11.5. The van der Waals surface area contributed by atoms with Gasteiger partial charge in [-0.05, 0) is 39.2 Å². The number of nitrogens with zero attached hydrogens (tertiary/aromatic N) is 2. The number of allylic oxidation sites excluding steroid dienone is 1. The van der Waals surface area contributed by atoms with Crippen LogP contribution >= 0.6 is 11.8 Å². The van der Waals surface area contributed by atoms with Crippen LogP contribution in [0.25, 0.3) is 0 Å². The Morgan fingerprint density at radius 3 is 2.95 bits per heavy atom. The van der Waals surface area contributed by atoms with E-state index in [1.54, 1.807) is 17.8 Å². The van der Waals surface area contributed by atoms with Crippen molar-refractivity contribution in [3.63, 3.8) is 0 Å². The van der Waals surface area contributed by atoms with Crippen LogP contribution in [0.3, 0.4) is 0 Å². The summed E-state index contributed by atoms with van der Waals surface area (Å²) in [6.45, 7) is 3.32. The monoisotopic (exact) mass is 272 g/mol. The van der Waals surface area contributed by atoms with Crippen LogP contribution in [-0.2, 0) is 0 Å². The number of rotatable bonds is 3. The van der Waals surface area contributed by atoms with Gasteiger partial charge in [0.05, 0.1) is 5.56 Å². The normalized spacial score (nSPS) is 18.1. The van der Waals surface area contributed by atoms with E-state index in [9.17, 15) is 10.1 Å². The molecule has 3 nitrogen and oxygen atoms in total. The van der Waals surface area contributed by atoms with Crippen molar-refractivity contribution >= 4 is 17.5 Å². The Morgan fingerprint density at radius 1 is 1.58 bits per heavy atom. The van der Waals surface area contributed by atoms with Gasteiger partial charge in [-0.2, -0.15) is 5.26 Å². The molecule has 1 aliphatic carbocycles. The Bertz CT molecular complexity index is 572. The lowest BCUT2D eigenvalue weighted by atomic mass is 10.1. The minimum Gasteiger partial charge on any atom is -0.294 e. The summed E-state index contributed by atoms with van der Waals surface area (Å²) in [5.74, 6) is -0.0457. The van der Waals surface area contributed by atoms with Crippen LogP contribution < -0.4 is 0 Å². The molecule has 0 aliphatic heterocycles. The van der Waals surface area contributed by atoms with Gasteiger partial charge in [0.15, 0.2) is 5.78 Å². The maximum Gasteiger partial charge on any atom is 0.161 e. The van der Waals surface area contributed by atoms with Crippen LogP contribution in [0.1, 0.15) is 47.8 Å². The van der Waals surface area contributed by atoms with Crippen LogP contribution in [0.15, 0.2) is 23.2 Å². The van der Waals surface area contributed by atoms with Crippen LogP contribution in [0.4, 0.5) is 0 Å². The molecular formula is C15H16N2OS. The molecule has 0 N–H and O–H groups in total. The lowest BCUT2D eigenvalue weighted by molar-refractivity contribution is 0.101. The standard InChI is InChI=1S/C15H16N2OS/c1-10-14(11(2)18)8-12(9-16)15(17-10)19-13-6-4-3-5-7-13/h4,6,8,13H,3,5,7H2,1-2H3. The van der Waals surface area contributed by atoms with Crippen molar-refractivity contribution in [1.29, 1.82) is 5.26 Å². The molecule has 1 aromatic heterocycles. The smallest absolute Gasteiger partial charge is 0.161 e. The summed E-state index contributed by atoms with van der Waals surface area (Å²) >= 11 is 1.62. The Labute approximate surface area is 117 Å². The predicted octanol–water partition coefficient (Wildman–Crippen LogP) is 3.67. The minimum atomic E-state index is -0.0457. The second kappa shape index (κ2) is 6.03. The van der Waals surface area contributed by atoms with E-state index in [0.29, 0.717) is 22.1 Å². The van der Waals surface area contributed by atoms with E-state index in [2.05, 4.69) is 23.2 Å². The predicted molar refractivity (Wildman–Crippen MR) is 76.3 cm³/mol. The fraction of sp³-hybridized carbons (Fsp3) is 0.400. The largest absolute Gasteiger partial charge is 0.294 e. The van der Waals surface area contributed by atoms with E-state index >= 15 is 0 Å². The topological polar surface area (TPSA) is 53.8 Å². The van der Waals surface area contributed by atoms with Crippen LogP contribution in [0.2, 0.25) is 0 Å². The zero-order chi connectivity index (χ0) is 13.8. The average Bonchev–Trinajstić information content (AvgIpc) is 2.39. The molecule has 0 aromatic carbocycles. The summed E-state index contributed by atoms with van der Waals surface area (Å²) in [6.07, 6.45) is 7.80. The third-order valence-electron chi connectivity index (χ3n) is 3.15. The van der Waals surface area contributed by atoms with Gasteiger partial charge in [0, 0.05) is 16.5 Å². The van der Waals surface area contributed by atoms with Gasteiger partial charge >= 0.3 is 0 Å². The van der Waals surface area contributed by atoms with Gasteiger partial charge in [0.2, 0.25) is 0 Å². The molecule has 0 bridgehead atoms. The minimum absolute atomic E-state index is 0.0457. The SMILES string of the molecule is CC(=O)c1cc(C#N)c(SC2C=CCCC2)nc1C. The zero-order valence-electron chi connectivity index (χ0n) is 11.1. The Kier molecular flexibility index (Phi) is 4.39. The number of hydrogen-bond donors (Lipinski definition) is 0. The van der Waals surface area contributed by atoms with Crippen LogP contribution in [0.5, 0.6) is 0 Å². The number of pyridine rings is 1. The van der Waals surface area contributed by atoms with Gasteiger partial charge in [0.25, 0.3) is 0 Å². The number of aromatic nitrogens is 1. The third-order valence-corrected chi connectivity index (χ3v) is 4.38. The molecular weight excluding hydrogens is 256 g/mol. The third kappa shape index (κ3) is 3.24. The van der Waals surface area contributed by atoms with Crippen molar-refractivity contribution in [1.82, 2.24) is 4.98 Å². The van der Waals surface area contributed by atoms with E-state index in [1.165, 1.54) is 13.3 Å². The molecule has 0 saturated heterocycles. The first-order valence-electron chi connectivity index (χ1n) is 6.38. The highest BCUT2D eigenvalue weighted by Gasteiger charge is 2.16. The highest BCUT2D eigenvalue weighted by molar-refractivity contribution is 8.00. The Balaban J connectivity index is 2.32. The molecule has 1 unspecified atom stereocenters. The van der Waals surface area contributed by atoms with Gasteiger partial charge in [-0.15, -0.1) is 0 Å². The summed E-state index contributed by atoms with van der Waals surface area (Å²) in [7, 11) is 0. The first kappa shape index (κ1) is 13.8. The number of hydrogen-bond acceptors (Lipinski definition) is 4. The molecule has 0 fully saturated rings. The second-order valence-corrected chi connectivity index (χ2v) is 5.89. The van der Waals surface area contributed by atoms with Crippen molar-refractivity contribution in [3.05, 3.63) is 35.0 Å². The van der Waals surface area contributed by atoms with Crippen molar-refractivity contribution in [2.45, 2.75) is 43.4 Å². The van der Waals surface area contributed by atoms with Gasteiger partial charge in [-0.1, -0.05) is 23.9 Å². The first-order chi connectivity index (χ1) is 9.11. The summed E-state index contributed by atoms with van der Waals surface area (Å²) in [5.41, 5.74) is 1.74. The molecule has 1 heterocycles. The molecule has 4 heteroatoms. The quantitative estimate of drug-likeness (QED) is 0.622. The number of thioether (sulfide) groups is 1. The highest BCUT2D eigenvalue weighted by atomic mass is 32.2. The summed E-state index contributed by atoms with van der Waals surface area (Å²) in [4.78, 5) is 15.9. The average molecular weight is 272 g/mol. The van der Waals surface area contributed by atoms with E-state index in [1.807, 2.05) is 6.92 Å². The first-order valence-corrected chi connectivity index (χ1v) is 7.25. The van der Waals surface area contributed by atoms with Crippen molar-refractivity contribution in [3.8, 4) is 6.07 Å². The fourth-order valence-corrected chi connectivity index (χ4v) is 3.31. The highest BCUT2D eigenvalue weighted by Crippen LogP contribution is 2.31. The molecule has 2 rings (SSSR count). The lowest BCUT2D eigenvalue weighted by Gasteiger charge is -2.16. The van der Waals surface area contributed by atoms with Crippen LogP contribution in [-0.4, -0.2) is 16.0 Å². The molecule has 1 aromatic rings. The molecule has 1 aliphatic rings. The lowest BCUT2D eigenvalue weighted by Crippen LogP contribution is -2.06. The molecule has 1 atom stereocenters. The molecule has 0 spiro atoms. The Morgan fingerprint density at radius 2 is 2.37 bits per heavy atom. The van der Waals surface area contributed by atoms with Crippen molar-refractivity contribution < 1.29 is 4.79 Å². The van der Waals surface area contributed by atoms with Gasteiger partial charge in [-0.3, -0.25) is 4.79 Å². The molecule has 19 heavy (non-hydrogen) atoms.